The molecule has 174 valence electrons. The zero-order valence-corrected chi connectivity index (χ0v) is 20.0. The van der Waals surface area contributed by atoms with E-state index < -0.39 is 0 Å². The third kappa shape index (κ3) is 4.59. The molecule has 3 heterocycles. The average Bonchev–Trinajstić information content (AvgIpc) is 3.21. The van der Waals surface area contributed by atoms with Crippen LogP contribution in [0.1, 0.15) is 25.6 Å². The zero-order chi connectivity index (χ0) is 22.8. The maximum Gasteiger partial charge on any atom is 0.225 e. The standard InChI is InChI=1S/C26H32ClN5O/c1-2-32-24-10-6-4-8-22(24)28-25(32)19-29-13-11-20(12-14-29)26(33)31-17-15-30(16-18-31)23-9-5-3-7-21(23)27/h3-10,20H,2,11-19H2,1H3. The molecule has 0 unspecified atom stereocenters. The highest BCUT2D eigenvalue weighted by Gasteiger charge is 2.31. The van der Waals surface area contributed by atoms with Gasteiger partial charge in [-0.3, -0.25) is 9.69 Å². The molecule has 0 bridgehead atoms. The number of anilines is 1. The summed E-state index contributed by atoms with van der Waals surface area (Å²) in [4.78, 5) is 24.9. The molecule has 0 spiro atoms. The van der Waals surface area contributed by atoms with Gasteiger partial charge in [-0.2, -0.15) is 0 Å². The van der Waals surface area contributed by atoms with Crippen molar-refractivity contribution in [1.82, 2.24) is 19.4 Å². The van der Waals surface area contributed by atoms with E-state index in [1.54, 1.807) is 0 Å². The Balaban J connectivity index is 1.14. The Bertz CT molecular complexity index is 1110. The number of rotatable bonds is 5. The van der Waals surface area contributed by atoms with Gasteiger partial charge < -0.3 is 14.4 Å². The smallest absolute Gasteiger partial charge is 0.225 e. The van der Waals surface area contributed by atoms with E-state index in [-0.39, 0.29) is 5.92 Å². The fourth-order valence-electron chi connectivity index (χ4n) is 5.27. The lowest BCUT2D eigenvalue weighted by atomic mass is 9.95. The normalized spacial score (nSPS) is 18.2. The number of imidazole rings is 1. The van der Waals surface area contributed by atoms with E-state index in [2.05, 4.69) is 50.5 Å². The molecule has 2 aliphatic heterocycles. The number of carbonyl (C=O) groups is 1. The Morgan fingerprint density at radius 1 is 0.970 bits per heavy atom. The van der Waals surface area contributed by atoms with Gasteiger partial charge in [0.15, 0.2) is 0 Å². The van der Waals surface area contributed by atoms with Gasteiger partial charge in [-0.15, -0.1) is 0 Å². The number of fused-ring (bicyclic) bond motifs is 1. The number of carbonyl (C=O) groups excluding carboxylic acids is 1. The van der Waals surface area contributed by atoms with E-state index in [4.69, 9.17) is 16.6 Å². The largest absolute Gasteiger partial charge is 0.367 e. The number of piperidine rings is 1. The van der Waals surface area contributed by atoms with Crippen molar-refractivity contribution in [2.75, 3.05) is 44.2 Å². The van der Waals surface area contributed by atoms with E-state index in [0.717, 1.165) is 87.3 Å². The van der Waals surface area contributed by atoms with Gasteiger partial charge in [-0.1, -0.05) is 35.9 Å². The number of aryl methyl sites for hydroxylation is 1. The first-order valence-electron chi connectivity index (χ1n) is 12.1. The number of aromatic nitrogens is 2. The molecule has 0 aliphatic carbocycles. The SMILES string of the molecule is CCn1c(CN2CCC(C(=O)N3CCN(c4ccccc4Cl)CC3)CC2)nc2ccccc21. The number of piperazine rings is 1. The molecular weight excluding hydrogens is 434 g/mol. The molecule has 2 fully saturated rings. The first-order chi connectivity index (χ1) is 16.1. The first kappa shape index (κ1) is 22.2. The van der Waals surface area contributed by atoms with Crippen LogP contribution in [-0.2, 0) is 17.9 Å². The van der Waals surface area contributed by atoms with Gasteiger partial charge in [0.25, 0.3) is 0 Å². The molecule has 2 aliphatic rings. The molecule has 1 amide bonds. The van der Waals surface area contributed by atoms with Crippen LogP contribution in [0.4, 0.5) is 5.69 Å². The van der Waals surface area contributed by atoms with Gasteiger partial charge in [0.05, 0.1) is 28.3 Å². The average molecular weight is 466 g/mol. The van der Waals surface area contributed by atoms with E-state index in [9.17, 15) is 4.79 Å². The fraction of sp³-hybridized carbons (Fsp3) is 0.462. The first-order valence-corrected chi connectivity index (χ1v) is 12.5. The Morgan fingerprint density at radius 2 is 1.67 bits per heavy atom. The van der Waals surface area contributed by atoms with Crippen molar-refractivity contribution in [1.29, 1.82) is 0 Å². The van der Waals surface area contributed by atoms with Gasteiger partial charge in [0.2, 0.25) is 5.91 Å². The lowest BCUT2D eigenvalue weighted by Crippen LogP contribution is -2.51. The molecule has 0 saturated carbocycles. The minimum Gasteiger partial charge on any atom is -0.367 e. The Morgan fingerprint density at radius 3 is 2.39 bits per heavy atom. The molecule has 0 atom stereocenters. The predicted octanol–water partition coefficient (Wildman–Crippen LogP) is 4.27. The third-order valence-electron chi connectivity index (χ3n) is 7.14. The van der Waals surface area contributed by atoms with Gasteiger partial charge >= 0.3 is 0 Å². The van der Waals surface area contributed by atoms with Crippen LogP contribution in [-0.4, -0.2) is 64.5 Å². The molecule has 3 aromatic rings. The molecule has 6 nitrogen and oxygen atoms in total. The van der Waals surface area contributed by atoms with Crippen LogP contribution in [0, 0.1) is 5.92 Å². The minimum absolute atomic E-state index is 0.137. The monoisotopic (exact) mass is 465 g/mol. The van der Waals surface area contributed by atoms with Crippen molar-refractivity contribution < 1.29 is 4.79 Å². The van der Waals surface area contributed by atoms with Crippen LogP contribution in [0.2, 0.25) is 5.02 Å². The molecule has 7 heteroatoms. The molecule has 33 heavy (non-hydrogen) atoms. The third-order valence-corrected chi connectivity index (χ3v) is 7.46. The number of nitrogens with zero attached hydrogens (tertiary/aromatic N) is 5. The Hall–Kier alpha value is -2.57. The zero-order valence-electron chi connectivity index (χ0n) is 19.3. The molecule has 2 aromatic carbocycles. The number of benzene rings is 2. The maximum atomic E-state index is 13.2. The van der Waals surface area contributed by atoms with E-state index in [1.807, 2.05) is 24.3 Å². The highest BCUT2D eigenvalue weighted by atomic mass is 35.5. The number of hydrogen-bond donors (Lipinski definition) is 0. The van der Waals surface area contributed by atoms with Crippen molar-refractivity contribution in [3.8, 4) is 0 Å². The summed E-state index contributed by atoms with van der Waals surface area (Å²) in [6, 6.07) is 16.3. The second-order valence-corrected chi connectivity index (χ2v) is 9.48. The number of amides is 1. The molecule has 1 aromatic heterocycles. The van der Waals surface area contributed by atoms with E-state index in [1.165, 1.54) is 5.52 Å². The highest BCUT2D eigenvalue weighted by molar-refractivity contribution is 6.33. The number of likely N-dealkylation sites (tertiary alicyclic amines) is 1. The van der Waals surface area contributed by atoms with Gasteiger partial charge in [-0.05, 0) is 57.1 Å². The fourth-order valence-corrected chi connectivity index (χ4v) is 5.53. The Labute approximate surface area is 200 Å². The molecule has 2 saturated heterocycles. The summed E-state index contributed by atoms with van der Waals surface area (Å²) in [5.41, 5.74) is 3.34. The molecule has 5 rings (SSSR count). The predicted molar refractivity (Wildman–Crippen MR) is 134 cm³/mol. The lowest BCUT2D eigenvalue weighted by Gasteiger charge is -2.39. The van der Waals surface area contributed by atoms with Crippen LogP contribution in [0.5, 0.6) is 0 Å². The van der Waals surface area contributed by atoms with Crippen molar-refractivity contribution in [2.24, 2.45) is 5.92 Å². The highest BCUT2D eigenvalue weighted by Crippen LogP contribution is 2.27. The lowest BCUT2D eigenvalue weighted by molar-refractivity contribution is -0.137. The topological polar surface area (TPSA) is 44.6 Å². The van der Waals surface area contributed by atoms with Gasteiger partial charge in [0.1, 0.15) is 5.82 Å². The summed E-state index contributed by atoms with van der Waals surface area (Å²) in [5, 5.41) is 0.779. The Kier molecular flexibility index (Phi) is 6.56. The maximum absolute atomic E-state index is 13.2. The van der Waals surface area contributed by atoms with Crippen molar-refractivity contribution in [3.05, 3.63) is 59.4 Å². The van der Waals surface area contributed by atoms with Crippen LogP contribution in [0.25, 0.3) is 11.0 Å². The summed E-state index contributed by atoms with van der Waals surface area (Å²) in [6.45, 7) is 9.05. The quantitative estimate of drug-likeness (QED) is 0.564. The molecule has 0 radical (unpaired) electrons. The van der Waals surface area contributed by atoms with Crippen LogP contribution >= 0.6 is 11.6 Å². The molecular formula is C26H32ClN5O. The number of hydrogen-bond acceptors (Lipinski definition) is 4. The van der Waals surface area contributed by atoms with Crippen molar-refractivity contribution in [2.45, 2.75) is 32.9 Å². The van der Waals surface area contributed by atoms with E-state index >= 15 is 0 Å². The van der Waals surface area contributed by atoms with Gasteiger partial charge in [0, 0.05) is 38.6 Å². The van der Waals surface area contributed by atoms with Crippen molar-refractivity contribution in [3.63, 3.8) is 0 Å². The second-order valence-electron chi connectivity index (χ2n) is 9.08. The summed E-state index contributed by atoms with van der Waals surface area (Å²) >= 11 is 6.36. The van der Waals surface area contributed by atoms with E-state index in [0.29, 0.717) is 5.91 Å². The summed E-state index contributed by atoms with van der Waals surface area (Å²) < 4.78 is 2.31. The van der Waals surface area contributed by atoms with Crippen LogP contribution in [0.3, 0.4) is 0 Å². The second kappa shape index (κ2) is 9.74. The van der Waals surface area contributed by atoms with Crippen molar-refractivity contribution >= 4 is 34.2 Å². The number of para-hydroxylation sites is 3. The van der Waals surface area contributed by atoms with Gasteiger partial charge in [-0.25, -0.2) is 4.98 Å². The summed E-state index contributed by atoms with van der Waals surface area (Å²) in [7, 11) is 0. The van der Waals surface area contributed by atoms with Crippen LogP contribution in [0.15, 0.2) is 48.5 Å². The minimum atomic E-state index is 0.137. The number of halogens is 1. The molecule has 0 N–H and O–H groups in total. The summed E-state index contributed by atoms with van der Waals surface area (Å²) in [5.74, 6) is 1.59. The summed E-state index contributed by atoms with van der Waals surface area (Å²) in [6.07, 6.45) is 1.85. The van der Waals surface area contributed by atoms with Crippen LogP contribution < -0.4 is 4.90 Å².